The van der Waals surface area contributed by atoms with Crippen molar-refractivity contribution in [2.24, 2.45) is 0 Å². The van der Waals surface area contributed by atoms with E-state index >= 15 is 0 Å². The predicted octanol–water partition coefficient (Wildman–Crippen LogP) is 1.75. The second kappa shape index (κ2) is 5.84. The summed E-state index contributed by atoms with van der Waals surface area (Å²) in [5.41, 5.74) is 0.915. The van der Waals surface area contributed by atoms with E-state index in [1.807, 2.05) is 30.3 Å². The fourth-order valence-electron chi connectivity index (χ4n) is 1.60. The topological polar surface area (TPSA) is 46.9 Å². The molecule has 1 heterocycles. The summed E-state index contributed by atoms with van der Waals surface area (Å²) in [4.78, 5) is 15.0. The Morgan fingerprint density at radius 3 is 2.76 bits per heavy atom. The van der Waals surface area contributed by atoms with Crippen LogP contribution in [0.2, 0.25) is 0 Å². The first-order chi connectivity index (χ1) is 8.36. The largest absolute Gasteiger partial charge is 0.385 e. The molecule has 4 heteroatoms. The van der Waals surface area contributed by atoms with Crippen molar-refractivity contribution < 1.29 is 0 Å². The van der Waals surface area contributed by atoms with Gasteiger partial charge in [0.2, 0.25) is 0 Å². The third-order valence-electron chi connectivity index (χ3n) is 2.46. The number of hydrogen-bond acceptors (Lipinski definition) is 3. The van der Waals surface area contributed by atoms with Crippen molar-refractivity contribution >= 4 is 5.69 Å². The van der Waals surface area contributed by atoms with Gasteiger partial charge in [0.1, 0.15) is 0 Å². The van der Waals surface area contributed by atoms with Crippen LogP contribution < -0.4 is 11.0 Å². The molecule has 1 aromatic carbocycles. The molecule has 0 unspecified atom stereocenters. The van der Waals surface area contributed by atoms with Gasteiger partial charge in [-0.3, -0.25) is 4.57 Å². The maximum Gasteiger partial charge on any atom is 0.347 e. The molecule has 1 N–H and O–H groups in total. The van der Waals surface area contributed by atoms with Crippen molar-refractivity contribution in [3.63, 3.8) is 0 Å². The Morgan fingerprint density at radius 1 is 1.18 bits per heavy atom. The van der Waals surface area contributed by atoms with Gasteiger partial charge >= 0.3 is 5.69 Å². The van der Waals surface area contributed by atoms with E-state index in [-0.39, 0.29) is 5.69 Å². The van der Waals surface area contributed by atoms with Crippen LogP contribution in [0.1, 0.15) is 6.42 Å². The van der Waals surface area contributed by atoms with E-state index in [1.54, 1.807) is 16.8 Å². The van der Waals surface area contributed by atoms with Crippen molar-refractivity contribution in [1.29, 1.82) is 0 Å². The van der Waals surface area contributed by atoms with Crippen LogP contribution in [0.5, 0.6) is 0 Å². The Labute approximate surface area is 99.9 Å². The van der Waals surface area contributed by atoms with Crippen LogP contribution in [0.25, 0.3) is 0 Å². The molecule has 4 nitrogen and oxygen atoms in total. The Bertz CT molecular complexity index is 507. The van der Waals surface area contributed by atoms with Crippen molar-refractivity contribution in [1.82, 2.24) is 9.55 Å². The lowest BCUT2D eigenvalue weighted by atomic mass is 10.3. The number of aromatic nitrogens is 2. The molecule has 0 aliphatic heterocycles. The molecule has 0 aliphatic rings. The lowest BCUT2D eigenvalue weighted by Crippen LogP contribution is -2.22. The summed E-state index contributed by atoms with van der Waals surface area (Å²) in [7, 11) is 0. The fraction of sp³-hybridized carbons (Fsp3) is 0.231. The van der Waals surface area contributed by atoms with Crippen molar-refractivity contribution in [3.05, 3.63) is 59.3 Å². The molecule has 88 valence electrons. The lowest BCUT2D eigenvalue weighted by molar-refractivity contribution is 0.622. The Kier molecular flexibility index (Phi) is 3.91. The molecule has 0 saturated heterocycles. The molecule has 0 spiro atoms. The molecule has 0 fully saturated rings. The second-order valence-corrected chi connectivity index (χ2v) is 3.74. The maximum atomic E-state index is 11.3. The first-order valence-electron chi connectivity index (χ1n) is 5.66. The molecule has 0 aliphatic carbocycles. The van der Waals surface area contributed by atoms with Crippen LogP contribution >= 0.6 is 0 Å². The van der Waals surface area contributed by atoms with E-state index in [1.165, 1.54) is 6.20 Å². The molecule has 0 amide bonds. The van der Waals surface area contributed by atoms with Gasteiger partial charge in [-0.15, -0.1) is 0 Å². The zero-order valence-electron chi connectivity index (χ0n) is 9.54. The molecule has 2 aromatic rings. The van der Waals surface area contributed by atoms with Gasteiger partial charge in [0.15, 0.2) is 0 Å². The summed E-state index contributed by atoms with van der Waals surface area (Å²) >= 11 is 0. The van der Waals surface area contributed by atoms with Crippen molar-refractivity contribution in [2.45, 2.75) is 13.0 Å². The quantitative estimate of drug-likeness (QED) is 0.794. The van der Waals surface area contributed by atoms with Gasteiger partial charge in [0.25, 0.3) is 0 Å². The number of nitrogens with zero attached hydrogens (tertiary/aromatic N) is 2. The summed E-state index contributed by atoms with van der Waals surface area (Å²) in [5.74, 6) is 0. The van der Waals surface area contributed by atoms with Crippen LogP contribution in [0, 0.1) is 0 Å². The minimum atomic E-state index is -0.188. The van der Waals surface area contributed by atoms with Crippen LogP contribution in [0.15, 0.2) is 53.6 Å². The molecule has 17 heavy (non-hydrogen) atoms. The molecular formula is C13H15N3O. The van der Waals surface area contributed by atoms with Gasteiger partial charge in [0.05, 0.1) is 0 Å². The highest BCUT2D eigenvalue weighted by Crippen LogP contribution is 2.04. The van der Waals surface area contributed by atoms with Gasteiger partial charge in [-0.2, -0.15) is 0 Å². The first kappa shape index (κ1) is 11.4. The fourth-order valence-corrected chi connectivity index (χ4v) is 1.60. The van der Waals surface area contributed by atoms with Gasteiger partial charge in [0, 0.05) is 31.2 Å². The number of aryl methyl sites for hydroxylation is 1. The summed E-state index contributed by atoms with van der Waals surface area (Å²) in [6.07, 6.45) is 4.17. The Hall–Kier alpha value is -2.10. The average Bonchev–Trinajstić information content (AvgIpc) is 2.38. The predicted molar refractivity (Wildman–Crippen MR) is 68.0 cm³/mol. The zero-order chi connectivity index (χ0) is 11.9. The maximum absolute atomic E-state index is 11.3. The smallest absolute Gasteiger partial charge is 0.347 e. The second-order valence-electron chi connectivity index (χ2n) is 3.74. The van der Waals surface area contributed by atoms with E-state index in [2.05, 4.69) is 10.3 Å². The number of para-hydroxylation sites is 1. The summed E-state index contributed by atoms with van der Waals surface area (Å²) in [5, 5.41) is 3.30. The highest BCUT2D eigenvalue weighted by Gasteiger charge is 1.94. The highest BCUT2D eigenvalue weighted by molar-refractivity contribution is 5.42. The standard InChI is InChI=1S/C13H15N3O/c17-13-15-9-5-11-16(13)10-4-8-14-12-6-2-1-3-7-12/h1-3,5-7,9,11,14H,4,8,10H2. The van der Waals surface area contributed by atoms with Gasteiger partial charge in [-0.25, -0.2) is 9.78 Å². The average molecular weight is 229 g/mol. The van der Waals surface area contributed by atoms with Gasteiger partial charge in [-0.1, -0.05) is 18.2 Å². The molecule has 0 atom stereocenters. The zero-order valence-corrected chi connectivity index (χ0v) is 9.54. The number of benzene rings is 1. The monoisotopic (exact) mass is 229 g/mol. The molecule has 1 aromatic heterocycles. The first-order valence-corrected chi connectivity index (χ1v) is 5.66. The number of nitrogens with one attached hydrogen (secondary N) is 1. The van der Waals surface area contributed by atoms with E-state index in [0.29, 0.717) is 6.54 Å². The number of rotatable bonds is 5. The summed E-state index contributed by atoms with van der Waals surface area (Å²) in [6.45, 7) is 1.53. The van der Waals surface area contributed by atoms with Gasteiger partial charge in [-0.05, 0) is 24.6 Å². The van der Waals surface area contributed by atoms with Crippen LogP contribution in [-0.4, -0.2) is 16.1 Å². The van der Waals surface area contributed by atoms with Crippen molar-refractivity contribution in [3.8, 4) is 0 Å². The highest BCUT2D eigenvalue weighted by atomic mass is 16.1. The summed E-state index contributed by atoms with van der Waals surface area (Å²) in [6, 6.07) is 11.8. The van der Waals surface area contributed by atoms with Crippen LogP contribution in [0.4, 0.5) is 5.69 Å². The molecular weight excluding hydrogens is 214 g/mol. The van der Waals surface area contributed by atoms with E-state index in [4.69, 9.17) is 0 Å². The Balaban J connectivity index is 1.78. The van der Waals surface area contributed by atoms with E-state index < -0.39 is 0 Å². The Morgan fingerprint density at radius 2 is 2.00 bits per heavy atom. The van der Waals surface area contributed by atoms with Crippen LogP contribution in [0.3, 0.4) is 0 Å². The normalized spacial score (nSPS) is 10.1. The SMILES string of the molecule is O=c1ncccn1CCCNc1ccccc1. The summed E-state index contributed by atoms with van der Waals surface area (Å²) < 4.78 is 1.62. The van der Waals surface area contributed by atoms with E-state index in [9.17, 15) is 4.79 Å². The lowest BCUT2D eigenvalue weighted by Gasteiger charge is -2.07. The molecule has 0 bridgehead atoms. The minimum Gasteiger partial charge on any atom is -0.385 e. The third kappa shape index (κ3) is 3.45. The molecule has 2 rings (SSSR count). The van der Waals surface area contributed by atoms with E-state index in [0.717, 1.165) is 18.7 Å². The number of hydrogen-bond donors (Lipinski definition) is 1. The van der Waals surface area contributed by atoms with Crippen molar-refractivity contribution in [2.75, 3.05) is 11.9 Å². The third-order valence-corrected chi connectivity index (χ3v) is 2.46. The van der Waals surface area contributed by atoms with Crippen LogP contribution in [-0.2, 0) is 6.54 Å². The number of anilines is 1. The molecule has 0 radical (unpaired) electrons. The molecule has 0 saturated carbocycles. The minimum absolute atomic E-state index is 0.188. The van der Waals surface area contributed by atoms with Gasteiger partial charge < -0.3 is 5.32 Å².